The molecule has 4 nitrogen and oxygen atoms in total. The van der Waals surface area contributed by atoms with Crippen molar-refractivity contribution in [1.29, 1.82) is 0 Å². The van der Waals surface area contributed by atoms with E-state index < -0.39 is 5.82 Å². The van der Waals surface area contributed by atoms with E-state index >= 15 is 0 Å². The van der Waals surface area contributed by atoms with E-state index in [-0.39, 0.29) is 17.4 Å². The van der Waals surface area contributed by atoms with Crippen molar-refractivity contribution in [2.45, 2.75) is 6.42 Å². The van der Waals surface area contributed by atoms with Crippen molar-refractivity contribution in [3.05, 3.63) is 51.2 Å². The third-order valence-corrected chi connectivity index (χ3v) is 4.31. The van der Waals surface area contributed by atoms with Gasteiger partial charge in [-0.1, -0.05) is 27.5 Å². The molecule has 1 amide bonds. The summed E-state index contributed by atoms with van der Waals surface area (Å²) >= 11 is 9.03. The highest BCUT2D eigenvalue weighted by atomic mass is 79.9. The van der Waals surface area contributed by atoms with Crippen LogP contribution in [0.15, 0.2) is 34.8 Å². The number of hydrogen-bond acceptors (Lipinski definition) is 3. The third kappa shape index (κ3) is 3.76. The molecule has 1 N–H and O–H groups in total. The highest BCUT2D eigenvalue weighted by Crippen LogP contribution is 2.35. The zero-order valence-electron chi connectivity index (χ0n) is 11.9. The van der Waals surface area contributed by atoms with Crippen molar-refractivity contribution < 1.29 is 18.7 Å². The first-order valence-corrected chi connectivity index (χ1v) is 8.03. The van der Waals surface area contributed by atoms with Gasteiger partial charge < -0.3 is 14.8 Å². The van der Waals surface area contributed by atoms with Gasteiger partial charge in [-0.05, 0) is 35.9 Å². The summed E-state index contributed by atoms with van der Waals surface area (Å²) in [5, 5.41) is 2.65. The average Bonchev–Trinajstić information content (AvgIpc) is 2.51. The number of fused-ring (bicyclic) bond motifs is 1. The number of ether oxygens (including phenoxy) is 2. The van der Waals surface area contributed by atoms with Crippen molar-refractivity contribution in [2.75, 3.05) is 18.5 Å². The molecule has 7 heteroatoms. The molecule has 0 radical (unpaired) electrons. The van der Waals surface area contributed by atoms with Crippen LogP contribution in [-0.2, 0) is 11.2 Å². The lowest BCUT2D eigenvalue weighted by atomic mass is 10.1. The number of hydrogen-bond donors (Lipinski definition) is 1. The number of halogens is 3. The SMILES string of the molecule is O=C(Cc1cc2c(cc1Br)OCCO2)Nc1ccc(Cl)c(F)c1. The number of carbonyl (C=O) groups is 1. The van der Waals surface area contributed by atoms with Crippen LogP contribution in [0.25, 0.3) is 0 Å². The summed E-state index contributed by atoms with van der Waals surface area (Å²) in [6.07, 6.45) is 0.113. The van der Waals surface area contributed by atoms with Gasteiger partial charge in [0, 0.05) is 10.2 Å². The Morgan fingerprint density at radius 1 is 1.22 bits per heavy atom. The Bertz CT molecular complexity index is 769. The maximum atomic E-state index is 13.4. The fourth-order valence-electron chi connectivity index (χ4n) is 2.19. The number of amides is 1. The Morgan fingerprint density at radius 2 is 1.91 bits per heavy atom. The van der Waals surface area contributed by atoms with E-state index in [0.29, 0.717) is 30.4 Å². The Labute approximate surface area is 145 Å². The first kappa shape index (κ1) is 16.1. The zero-order valence-corrected chi connectivity index (χ0v) is 14.2. The van der Waals surface area contributed by atoms with E-state index in [0.717, 1.165) is 10.0 Å². The second kappa shape index (κ2) is 6.76. The number of benzene rings is 2. The molecule has 0 aliphatic carbocycles. The third-order valence-electron chi connectivity index (χ3n) is 3.27. The molecule has 0 bridgehead atoms. The Morgan fingerprint density at radius 3 is 2.61 bits per heavy atom. The van der Waals surface area contributed by atoms with E-state index in [1.54, 1.807) is 18.2 Å². The van der Waals surface area contributed by atoms with Crippen LogP contribution in [0.1, 0.15) is 5.56 Å². The molecule has 0 atom stereocenters. The van der Waals surface area contributed by atoms with Gasteiger partial charge in [-0.25, -0.2) is 4.39 Å². The van der Waals surface area contributed by atoms with Crippen LogP contribution < -0.4 is 14.8 Å². The van der Waals surface area contributed by atoms with Crippen LogP contribution >= 0.6 is 27.5 Å². The Balaban J connectivity index is 1.73. The van der Waals surface area contributed by atoms with Crippen LogP contribution in [0.2, 0.25) is 5.02 Å². The molecule has 2 aromatic rings. The summed E-state index contributed by atoms with van der Waals surface area (Å²) in [4.78, 5) is 12.1. The van der Waals surface area contributed by atoms with Crippen LogP contribution in [0.4, 0.5) is 10.1 Å². The summed E-state index contributed by atoms with van der Waals surface area (Å²) in [5.41, 5.74) is 1.10. The lowest BCUT2D eigenvalue weighted by molar-refractivity contribution is -0.115. The van der Waals surface area contributed by atoms with E-state index in [9.17, 15) is 9.18 Å². The maximum Gasteiger partial charge on any atom is 0.228 e. The van der Waals surface area contributed by atoms with Gasteiger partial charge in [0.2, 0.25) is 5.91 Å². The van der Waals surface area contributed by atoms with Crippen molar-refractivity contribution in [2.24, 2.45) is 0 Å². The number of nitrogens with one attached hydrogen (secondary N) is 1. The lowest BCUT2D eigenvalue weighted by Crippen LogP contribution is -2.17. The molecule has 0 unspecified atom stereocenters. The number of carbonyl (C=O) groups excluding carboxylic acids is 1. The summed E-state index contributed by atoms with van der Waals surface area (Å²) < 4.78 is 25.1. The van der Waals surface area contributed by atoms with Gasteiger partial charge in [0.1, 0.15) is 19.0 Å². The molecule has 1 heterocycles. The summed E-state index contributed by atoms with van der Waals surface area (Å²) in [6.45, 7) is 0.978. The van der Waals surface area contributed by atoms with Gasteiger partial charge >= 0.3 is 0 Å². The topological polar surface area (TPSA) is 47.6 Å². The quantitative estimate of drug-likeness (QED) is 0.840. The summed E-state index contributed by atoms with van der Waals surface area (Å²) in [7, 11) is 0. The number of anilines is 1. The number of rotatable bonds is 3. The van der Waals surface area contributed by atoms with Gasteiger partial charge in [0.05, 0.1) is 11.4 Å². The largest absolute Gasteiger partial charge is 0.486 e. The van der Waals surface area contributed by atoms with Crippen molar-refractivity contribution in [3.63, 3.8) is 0 Å². The molecular weight excluding hydrogens is 389 g/mol. The van der Waals surface area contributed by atoms with Gasteiger partial charge in [-0.15, -0.1) is 0 Å². The molecule has 3 rings (SSSR count). The average molecular weight is 401 g/mol. The first-order chi connectivity index (χ1) is 11.0. The predicted octanol–water partition coefficient (Wildman–Crippen LogP) is 4.19. The molecular formula is C16H12BrClFNO3. The van der Waals surface area contributed by atoms with E-state index in [2.05, 4.69) is 21.2 Å². The minimum Gasteiger partial charge on any atom is -0.486 e. The summed E-state index contributed by atoms with van der Waals surface area (Å²) in [6, 6.07) is 7.66. The van der Waals surface area contributed by atoms with Gasteiger partial charge in [-0.3, -0.25) is 4.79 Å². The van der Waals surface area contributed by atoms with E-state index in [1.165, 1.54) is 12.1 Å². The molecule has 1 aliphatic rings. The minimum absolute atomic E-state index is 0.0116. The molecule has 0 spiro atoms. The molecule has 1 aliphatic heterocycles. The molecule has 0 saturated carbocycles. The molecule has 0 fully saturated rings. The normalized spacial score (nSPS) is 12.8. The van der Waals surface area contributed by atoms with Crippen LogP contribution in [0.5, 0.6) is 11.5 Å². The van der Waals surface area contributed by atoms with Gasteiger partial charge in [0.25, 0.3) is 0 Å². The highest BCUT2D eigenvalue weighted by molar-refractivity contribution is 9.10. The monoisotopic (exact) mass is 399 g/mol. The molecule has 2 aromatic carbocycles. The molecule has 120 valence electrons. The Hall–Kier alpha value is -1.79. The van der Waals surface area contributed by atoms with E-state index in [1.807, 2.05) is 0 Å². The van der Waals surface area contributed by atoms with Crippen LogP contribution in [-0.4, -0.2) is 19.1 Å². The molecule has 0 saturated heterocycles. The fourth-order valence-corrected chi connectivity index (χ4v) is 2.77. The van der Waals surface area contributed by atoms with Crippen molar-refractivity contribution in [1.82, 2.24) is 0 Å². The predicted molar refractivity (Wildman–Crippen MR) is 88.9 cm³/mol. The minimum atomic E-state index is -0.579. The standard InChI is InChI=1S/C16H12BrClFNO3/c17-11-8-15-14(22-3-4-23-15)5-9(11)6-16(21)20-10-1-2-12(18)13(19)7-10/h1-2,5,7-8H,3-4,6H2,(H,20,21). The second-order valence-electron chi connectivity index (χ2n) is 4.94. The Kier molecular flexibility index (Phi) is 4.73. The van der Waals surface area contributed by atoms with Crippen LogP contribution in [0, 0.1) is 5.82 Å². The molecule has 23 heavy (non-hydrogen) atoms. The fraction of sp³-hybridized carbons (Fsp3) is 0.188. The van der Waals surface area contributed by atoms with Crippen LogP contribution in [0.3, 0.4) is 0 Å². The smallest absolute Gasteiger partial charge is 0.228 e. The first-order valence-electron chi connectivity index (χ1n) is 6.86. The second-order valence-corrected chi connectivity index (χ2v) is 6.20. The van der Waals surface area contributed by atoms with E-state index in [4.69, 9.17) is 21.1 Å². The van der Waals surface area contributed by atoms with Gasteiger partial charge in [-0.2, -0.15) is 0 Å². The zero-order chi connectivity index (χ0) is 16.4. The van der Waals surface area contributed by atoms with Crippen molar-refractivity contribution in [3.8, 4) is 11.5 Å². The lowest BCUT2D eigenvalue weighted by Gasteiger charge is -2.19. The highest BCUT2D eigenvalue weighted by Gasteiger charge is 2.16. The summed E-state index contributed by atoms with van der Waals surface area (Å²) in [5.74, 6) is 0.404. The molecule has 0 aromatic heterocycles. The van der Waals surface area contributed by atoms with Gasteiger partial charge in [0.15, 0.2) is 11.5 Å². The maximum absolute atomic E-state index is 13.4. The van der Waals surface area contributed by atoms with Crippen molar-refractivity contribution >= 4 is 39.1 Å².